The number of nitrogens with zero attached hydrogens (tertiary/aromatic N) is 1. The lowest BCUT2D eigenvalue weighted by Gasteiger charge is -2.47. The molecule has 0 radical (unpaired) electrons. The molecule has 1 aromatic carbocycles. The summed E-state index contributed by atoms with van der Waals surface area (Å²) in [6.07, 6.45) is 4.81. The van der Waals surface area contributed by atoms with Gasteiger partial charge in [0.25, 0.3) is 11.7 Å². The average Bonchev–Trinajstić information content (AvgIpc) is 3.30. The van der Waals surface area contributed by atoms with Crippen molar-refractivity contribution in [3.8, 4) is 5.75 Å². The maximum absolute atomic E-state index is 14.5. The third-order valence-corrected chi connectivity index (χ3v) is 14.1. The molecule has 14 atom stereocenters. The standard InChI is InChI=1S/C51H73NO14/c1-30-23-31(2)25-43(62-7)47-44(63-8)27-33(4)51(60,66-47)48(57)49(58)52-22-13-12-18-38(52)50(59)65-46(32(3)26-35-20-21-39(53)42(28-35)61-6)34(5)40(54)29-41(55)36(24-30)15-14-19-45(56)64-37-16-10-9-11-17-37/h9-11,14,16-17,19,24,26,31,33-36,38-40,42-44,46-47,53-54,60H,12-13,15,18,20-23,25,27-29H2,1-8H3/b19-14+,30-24+,32-26+/t31-,33+,34+,35-,36+,38-,39+,40-,42+,43-,44-,46?,47+,51+/m0/s1. The number of amides is 1. The topological polar surface area (TPSA) is 205 Å². The number of fused-ring (bicyclic) bond motifs is 3. The number of ketones is 2. The van der Waals surface area contributed by atoms with E-state index in [0.29, 0.717) is 56.3 Å². The molecule has 2 saturated heterocycles. The van der Waals surface area contributed by atoms with Gasteiger partial charge in [0.2, 0.25) is 5.79 Å². The lowest BCUT2D eigenvalue weighted by molar-refractivity contribution is -0.302. The van der Waals surface area contributed by atoms with Crippen molar-refractivity contribution in [2.75, 3.05) is 27.9 Å². The van der Waals surface area contributed by atoms with E-state index < -0.39 is 95.9 Å². The minimum absolute atomic E-state index is 0.0538. The summed E-state index contributed by atoms with van der Waals surface area (Å²) in [5, 5.41) is 34.6. The number of Topliss-reactive ketones (excluding diaryl/α,β-unsaturated/α-hetero) is 2. The maximum Gasteiger partial charge on any atom is 0.335 e. The number of aliphatic hydroxyl groups is 3. The van der Waals surface area contributed by atoms with Gasteiger partial charge in [-0.25, -0.2) is 9.59 Å². The second-order valence-corrected chi connectivity index (χ2v) is 19.1. The highest BCUT2D eigenvalue weighted by atomic mass is 16.7. The normalized spacial score (nSPS) is 37.0. The summed E-state index contributed by atoms with van der Waals surface area (Å²) >= 11 is 0. The fourth-order valence-corrected chi connectivity index (χ4v) is 10.2. The summed E-state index contributed by atoms with van der Waals surface area (Å²) in [6.45, 7) is 9.05. The summed E-state index contributed by atoms with van der Waals surface area (Å²) in [6, 6.07) is 7.43. The van der Waals surface area contributed by atoms with Crippen molar-refractivity contribution in [3.05, 3.63) is 65.8 Å². The van der Waals surface area contributed by atoms with Gasteiger partial charge >= 0.3 is 11.9 Å². The molecule has 0 aromatic heterocycles. The molecule has 5 rings (SSSR count). The van der Waals surface area contributed by atoms with E-state index in [-0.39, 0.29) is 49.8 Å². The molecule has 4 aliphatic rings. The highest BCUT2D eigenvalue weighted by Gasteiger charge is 2.56. The number of carbonyl (C=O) groups excluding carboxylic acids is 5. The van der Waals surface area contributed by atoms with Crippen LogP contribution < -0.4 is 4.74 Å². The second kappa shape index (κ2) is 24.3. The molecule has 66 heavy (non-hydrogen) atoms. The van der Waals surface area contributed by atoms with Crippen molar-refractivity contribution >= 4 is 29.4 Å². The summed E-state index contributed by atoms with van der Waals surface area (Å²) in [4.78, 5) is 71.4. The molecule has 1 aliphatic carbocycles. The molecule has 1 amide bonds. The van der Waals surface area contributed by atoms with Gasteiger partial charge in [-0.1, -0.05) is 62.8 Å². The third-order valence-electron chi connectivity index (χ3n) is 14.1. The van der Waals surface area contributed by atoms with E-state index in [2.05, 4.69) is 0 Å². The van der Waals surface area contributed by atoms with Gasteiger partial charge in [-0.05, 0) is 108 Å². The number of hydrogen-bond acceptors (Lipinski definition) is 14. The number of para-hydroxylation sites is 1. The maximum atomic E-state index is 14.5. The van der Waals surface area contributed by atoms with Gasteiger partial charge in [-0.15, -0.1) is 0 Å². The Morgan fingerprint density at radius 3 is 2.24 bits per heavy atom. The molecule has 1 aromatic rings. The Balaban J connectivity index is 1.54. The highest BCUT2D eigenvalue weighted by molar-refractivity contribution is 6.39. The SMILES string of the molecule is CO[C@H]1C[C@@H](C)C/C(C)=C/[C@@H](C/C=C/C(=O)Oc2ccccc2)C(=O)C[C@H](O)[C@@H](C)C(/C(C)=C/[C@@H]2CC[C@@H](O)[C@H](OC)C2)OC(=O)[C@@H]2CCCCN2C(=O)C(=O)[C@]2(O)O[C@H]1[C@@H](OC)C[C@H]2C. The zero-order valence-corrected chi connectivity index (χ0v) is 40.0. The number of cyclic esters (lactones) is 1. The quantitative estimate of drug-likeness (QED) is 0.0906. The van der Waals surface area contributed by atoms with Gasteiger partial charge in [-0.3, -0.25) is 14.4 Å². The van der Waals surface area contributed by atoms with E-state index in [1.807, 2.05) is 26.0 Å². The highest BCUT2D eigenvalue weighted by Crippen LogP contribution is 2.39. The summed E-state index contributed by atoms with van der Waals surface area (Å²) in [5.74, 6) is -8.74. The summed E-state index contributed by atoms with van der Waals surface area (Å²) < 4.78 is 35.3. The van der Waals surface area contributed by atoms with Gasteiger partial charge in [-0.2, -0.15) is 0 Å². The van der Waals surface area contributed by atoms with Crippen LogP contribution in [-0.4, -0.2) is 132 Å². The number of benzene rings is 1. The van der Waals surface area contributed by atoms with Crippen LogP contribution in [0.2, 0.25) is 0 Å². The first kappa shape index (κ1) is 52.9. The Labute approximate surface area is 389 Å². The monoisotopic (exact) mass is 924 g/mol. The molecule has 3 heterocycles. The Bertz CT molecular complexity index is 1920. The molecule has 2 bridgehead atoms. The van der Waals surface area contributed by atoms with Gasteiger partial charge in [0.1, 0.15) is 29.8 Å². The van der Waals surface area contributed by atoms with Crippen molar-refractivity contribution in [2.45, 2.75) is 160 Å². The first-order valence-electron chi connectivity index (χ1n) is 23.6. The van der Waals surface area contributed by atoms with Crippen LogP contribution in [0.4, 0.5) is 0 Å². The first-order valence-corrected chi connectivity index (χ1v) is 23.6. The van der Waals surface area contributed by atoms with Crippen molar-refractivity contribution in [3.63, 3.8) is 0 Å². The number of ether oxygens (including phenoxy) is 6. The van der Waals surface area contributed by atoms with Crippen molar-refractivity contribution in [2.24, 2.45) is 29.6 Å². The van der Waals surface area contributed by atoms with Gasteiger partial charge in [0.15, 0.2) is 0 Å². The van der Waals surface area contributed by atoms with Gasteiger partial charge in [0, 0.05) is 58.1 Å². The summed E-state index contributed by atoms with van der Waals surface area (Å²) in [5.41, 5.74) is 1.46. The van der Waals surface area contributed by atoms with Crippen LogP contribution in [-0.2, 0) is 47.7 Å². The van der Waals surface area contributed by atoms with Crippen LogP contribution in [0.5, 0.6) is 5.75 Å². The van der Waals surface area contributed by atoms with E-state index in [1.54, 1.807) is 64.3 Å². The molecule has 3 aliphatic heterocycles. The second-order valence-electron chi connectivity index (χ2n) is 19.1. The fourth-order valence-electron chi connectivity index (χ4n) is 10.2. The zero-order valence-electron chi connectivity index (χ0n) is 40.0. The number of piperidine rings is 1. The van der Waals surface area contributed by atoms with Crippen LogP contribution in [0.15, 0.2) is 65.8 Å². The predicted octanol–water partition coefficient (Wildman–Crippen LogP) is 5.61. The smallest absolute Gasteiger partial charge is 0.335 e. The molecule has 366 valence electrons. The Kier molecular flexibility index (Phi) is 19.4. The Morgan fingerprint density at radius 2 is 1.56 bits per heavy atom. The Morgan fingerprint density at radius 1 is 0.879 bits per heavy atom. The lowest BCUT2D eigenvalue weighted by Crippen LogP contribution is -2.64. The number of aliphatic hydroxyl groups excluding tert-OH is 2. The minimum Gasteiger partial charge on any atom is -0.456 e. The van der Waals surface area contributed by atoms with Crippen LogP contribution in [0.3, 0.4) is 0 Å². The van der Waals surface area contributed by atoms with Gasteiger partial charge in [0.05, 0.1) is 30.5 Å². The van der Waals surface area contributed by atoms with E-state index >= 15 is 0 Å². The van der Waals surface area contributed by atoms with E-state index in [9.17, 15) is 39.3 Å². The summed E-state index contributed by atoms with van der Waals surface area (Å²) in [7, 11) is 4.56. The molecule has 1 unspecified atom stereocenters. The Hall–Kier alpha value is -4.09. The number of allylic oxidation sites excluding steroid dienone is 4. The molecule has 15 nitrogen and oxygen atoms in total. The number of carbonyl (C=O) groups is 5. The molecule has 3 N–H and O–H groups in total. The van der Waals surface area contributed by atoms with Crippen molar-refractivity contribution in [1.29, 1.82) is 0 Å². The van der Waals surface area contributed by atoms with Crippen LogP contribution >= 0.6 is 0 Å². The van der Waals surface area contributed by atoms with E-state index in [1.165, 1.54) is 20.3 Å². The van der Waals surface area contributed by atoms with E-state index in [0.717, 1.165) is 10.5 Å². The molecule has 3 fully saturated rings. The predicted molar refractivity (Wildman–Crippen MR) is 244 cm³/mol. The number of rotatable bonds is 9. The molecule has 0 spiro atoms. The largest absolute Gasteiger partial charge is 0.456 e. The first-order chi connectivity index (χ1) is 31.4. The molecule has 1 saturated carbocycles. The molecular weight excluding hydrogens is 851 g/mol. The van der Waals surface area contributed by atoms with E-state index in [4.69, 9.17) is 28.4 Å². The third kappa shape index (κ3) is 13.3. The van der Waals surface area contributed by atoms with Gasteiger partial charge < -0.3 is 48.6 Å². The number of hydrogen-bond donors (Lipinski definition) is 3. The molecule has 15 heteroatoms. The number of methoxy groups -OCH3 is 3. The van der Waals surface area contributed by atoms with Crippen LogP contribution in [0.1, 0.15) is 105 Å². The minimum atomic E-state index is -2.56. The fraction of sp³-hybridized carbons (Fsp3) is 0.667. The van der Waals surface area contributed by atoms with Crippen LogP contribution in [0.25, 0.3) is 0 Å². The van der Waals surface area contributed by atoms with Crippen molar-refractivity contribution < 1.29 is 67.7 Å². The van der Waals surface area contributed by atoms with Crippen LogP contribution in [0, 0.1) is 29.6 Å². The zero-order chi connectivity index (χ0) is 48.3. The lowest BCUT2D eigenvalue weighted by atomic mass is 9.81. The number of esters is 2. The molecular formula is C51H73NO14. The average molecular weight is 924 g/mol. The van der Waals surface area contributed by atoms with Crippen molar-refractivity contribution in [1.82, 2.24) is 4.90 Å².